The van der Waals surface area contributed by atoms with Gasteiger partial charge in [-0.2, -0.15) is 4.68 Å². The van der Waals surface area contributed by atoms with Gasteiger partial charge < -0.3 is 8.98 Å². The first-order valence-corrected chi connectivity index (χ1v) is 9.60. The third-order valence-corrected chi connectivity index (χ3v) is 5.64. The lowest BCUT2D eigenvalue weighted by atomic mass is 9.98. The van der Waals surface area contributed by atoms with E-state index in [4.69, 9.17) is 4.42 Å². The van der Waals surface area contributed by atoms with Gasteiger partial charge in [-0.15, -0.1) is 5.10 Å². The molecule has 1 aliphatic carbocycles. The van der Waals surface area contributed by atoms with Gasteiger partial charge in [0.05, 0.1) is 12.4 Å². The van der Waals surface area contributed by atoms with Gasteiger partial charge in [0.25, 0.3) is 5.56 Å². The zero-order valence-corrected chi connectivity index (χ0v) is 15.9. The summed E-state index contributed by atoms with van der Waals surface area (Å²) in [5.41, 5.74) is 1.82. The molecule has 9 heteroatoms. The molecule has 4 aromatic rings. The van der Waals surface area contributed by atoms with Crippen LogP contribution in [0.25, 0.3) is 11.2 Å². The lowest BCUT2D eigenvalue weighted by Crippen LogP contribution is -2.23. The first-order valence-electron chi connectivity index (χ1n) is 9.60. The smallest absolute Gasteiger partial charge is 0.390 e. The second-order valence-corrected chi connectivity index (χ2v) is 7.49. The van der Waals surface area contributed by atoms with Crippen molar-refractivity contribution in [2.24, 2.45) is 7.05 Å². The van der Waals surface area contributed by atoms with Crippen LogP contribution in [0, 0.1) is 0 Å². The van der Waals surface area contributed by atoms with Crippen molar-refractivity contribution in [1.82, 2.24) is 28.9 Å². The van der Waals surface area contributed by atoms with E-state index in [-0.39, 0.29) is 24.0 Å². The van der Waals surface area contributed by atoms with E-state index in [9.17, 15) is 9.59 Å². The largest absolute Gasteiger partial charge is 0.437 e. The zero-order chi connectivity index (χ0) is 20.0. The first kappa shape index (κ1) is 17.6. The van der Waals surface area contributed by atoms with Crippen molar-refractivity contribution in [2.75, 3.05) is 0 Å². The second kappa shape index (κ2) is 6.84. The standard InChI is InChI=1S/C20H20N6O3/c1-24-11-21-18-17(24)19(27)25(12-22-18)10-16-23-26(20(28)29-16)15-8-7-14(9-15)13-5-3-2-4-6-13/h2-6,11-12,14-15H,7-10H2,1H3/t14-,15-/m0/s1. The molecule has 1 saturated carbocycles. The Kier molecular flexibility index (Phi) is 4.15. The van der Waals surface area contributed by atoms with Crippen molar-refractivity contribution in [1.29, 1.82) is 0 Å². The number of fused-ring (bicyclic) bond motifs is 1. The molecule has 3 aromatic heterocycles. The van der Waals surface area contributed by atoms with Gasteiger partial charge in [-0.05, 0) is 30.7 Å². The van der Waals surface area contributed by atoms with Gasteiger partial charge in [0.1, 0.15) is 12.9 Å². The molecule has 0 radical (unpaired) electrons. The Labute approximate surface area is 165 Å². The highest BCUT2D eigenvalue weighted by Crippen LogP contribution is 2.39. The molecule has 1 fully saturated rings. The molecule has 0 unspecified atom stereocenters. The van der Waals surface area contributed by atoms with E-state index in [2.05, 4.69) is 27.2 Å². The van der Waals surface area contributed by atoms with E-state index in [0.29, 0.717) is 17.1 Å². The van der Waals surface area contributed by atoms with Crippen molar-refractivity contribution in [3.63, 3.8) is 0 Å². The molecule has 148 valence electrons. The van der Waals surface area contributed by atoms with Crippen LogP contribution in [-0.2, 0) is 13.6 Å². The number of hydrogen-bond donors (Lipinski definition) is 0. The molecule has 29 heavy (non-hydrogen) atoms. The summed E-state index contributed by atoms with van der Waals surface area (Å²) >= 11 is 0. The number of rotatable bonds is 4. The summed E-state index contributed by atoms with van der Waals surface area (Å²) in [5.74, 6) is 0.122. The molecular formula is C20H20N6O3. The summed E-state index contributed by atoms with van der Waals surface area (Å²) in [6.45, 7) is 0.0457. The number of aryl methyl sites for hydroxylation is 1. The summed E-state index contributed by atoms with van der Waals surface area (Å²) in [4.78, 5) is 33.3. The molecule has 5 rings (SSSR count). The number of benzene rings is 1. The highest BCUT2D eigenvalue weighted by atomic mass is 16.4. The van der Waals surface area contributed by atoms with Gasteiger partial charge in [-0.1, -0.05) is 30.3 Å². The fraction of sp³-hybridized carbons (Fsp3) is 0.350. The van der Waals surface area contributed by atoms with Gasteiger partial charge in [0.15, 0.2) is 11.2 Å². The van der Waals surface area contributed by atoms with Gasteiger partial charge in [0.2, 0.25) is 5.89 Å². The van der Waals surface area contributed by atoms with Crippen molar-refractivity contribution in [3.8, 4) is 0 Å². The summed E-state index contributed by atoms with van der Waals surface area (Å²) in [6.07, 6.45) is 5.66. The van der Waals surface area contributed by atoms with Crippen molar-refractivity contribution < 1.29 is 4.42 Å². The molecule has 1 aromatic carbocycles. The first-order chi connectivity index (χ1) is 14.1. The van der Waals surface area contributed by atoms with Gasteiger partial charge in [-0.25, -0.2) is 14.8 Å². The third-order valence-electron chi connectivity index (χ3n) is 5.64. The molecule has 2 atom stereocenters. The molecule has 3 heterocycles. The Morgan fingerprint density at radius 1 is 1.10 bits per heavy atom. The zero-order valence-electron chi connectivity index (χ0n) is 15.9. The molecule has 0 aliphatic heterocycles. The molecule has 1 aliphatic rings. The molecule has 0 amide bonds. The number of hydrogen-bond acceptors (Lipinski definition) is 6. The summed E-state index contributed by atoms with van der Waals surface area (Å²) in [7, 11) is 1.74. The normalized spacial score (nSPS) is 19.2. The lowest BCUT2D eigenvalue weighted by Gasteiger charge is -2.10. The maximum absolute atomic E-state index is 12.7. The second-order valence-electron chi connectivity index (χ2n) is 7.49. The molecule has 0 spiro atoms. The summed E-state index contributed by atoms with van der Waals surface area (Å²) < 4.78 is 9.77. The lowest BCUT2D eigenvalue weighted by molar-refractivity contribution is 0.401. The fourth-order valence-corrected chi connectivity index (χ4v) is 4.16. The van der Waals surface area contributed by atoms with Crippen LogP contribution in [0.3, 0.4) is 0 Å². The van der Waals surface area contributed by atoms with Crippen LogP contribution in [0.1, 0.15) is 42.7 Å². The maximum Gasteiger partial charge on any atom is 0.437 e. The van der Waals surface area contributed by atoms with Crippen LogP contribution in [0.5, 0.6) is 0 Å². The molecule has 0 saturated heterocycles. The van der Waals surface area contributed by atoms with Crippen LogP contribution in [0.4, 0.5) is 0 Å². The highest BCUT2D eigenvalue weighted by molar-refractivity contribution is 5.68. The van der Waals surface area contributed by atoms with Crippen LogP contribution in [0.15, 0.2) is 57.0 Å². The van der Waals surface area contributed by atoms with E-state index >= 15 is 0 Å². The quantitative estimate of drug-likeness (QED) is 0.525. The minimum absolute atomic E-state index is 0.000364. The number of aromatic nitrogens is 6. The fourth-order valence-electron chi connectivity index (χ4n) is 4.16. The third kappa shape index (κ3) is 3.08. The summed E-state index contributed by atoms with van der Waals surface area (Å²) in [5, 5.41) is 4.37. The molecule has 9 nitrogen and oxygen atoms in total. The SMILES string of the molecule is Cn1cnc2ncn(Cc3nn([C@H]4CC[C@H](c5ccccc5)C4)c(=O)o3)c(=O)c21. The van der Waals surface area contributed by atoms with Gasteiger partial charge in [0, 0.05) is 7.05 Å². The van der Waals surface area contributed by atoms with Gasteiger partial charge >= 0.3 is 5.76 Å². The Hall–Kier alpha value is -3.49. The Balaban J connectivity index is 1.39. The number of nitrogens with zero attached hydrogens (tertiary/aromatic N) is 6. The van der Waals surface area contributed by atoms with Crippen molar-refractivity contribution in [3.05, 3.63) is 75.3 Å². The predicted molar refractivity (Wildman–Crippen MR) is 105 cm³/mol. The Morgan fingerprint density at radius 3 is 2.72 bits per heavy atom. The topological polar surface area (TPSA) is 101 Å². The van der Waals surface area contributed by atoms with Crippen LogP contribution in [-0.4, -0.2) is 28.9 Å². The van der Waals surface area contributed by atoms with E-state index in [0.717, 1.165) is 19.3 Å². The Bertz CT molecular complexity index is 1280. The number of imidazole rings is 1. The van der Waals surface area contributed by atoms with Crippen LogP contribution < -0.4 is 11.3 Å². The van der Waals surface area contributed by atoms with E-state index < -0.39 is 5.76 Å². The van der Waals surface area contributed by atoms with E-state index in [1.165, 1.54) is 21.1 Å². The van der Waals surface area contributed by atoms with E-state index in [1.807, 2.05) is 18.2 Å². The van der Waals surface area contributed by atoms with E-state index in [1.54, 1.807) is 17.9 Å². The maximum atomic E-state index is 12.7. The highest BCUT2D eigenvalue weighted by Gasteiger charge is 2.30. The molecule has 0 N–H and O–H groups in total. The predicted octanol–water partition coefficient (Wildman–Crippen LogP) is 1.84. The Morgan fingerprint density at radius 2 is 1.90 bits per heavy atom. The molecule has 0 bridgehead atoms. The average molecular weight is 392 g/mol. The summed E-state index contributed by atoms with van der Waals surface area (Å²) in [6, 6.07) is 10.3. The molecular weight excluding hydrogens is 372 g/mol. The van der Waals surface area contributed by atoms with Crippen LogP contribution >= 0.6 is 0 Å². The monoisotopic (exact) mass is 392 g/mol. The van der Waals surface area contributed by atoms with Crippen molar-refractivity contribution in [2.45, 2.75) is 37.8 Å². The van der Waals surface area contributed by atoms with Crippen LogP contribution in [0.2, 0.25) is 0 Å². The van der Waals surface area contributed by atoms with Gasteiger partial charge in [-0.3, -0.25) is 9.36 Å². The van der Waals surface area contributed by atoms with Crippen molar-refractivity contribution >= 4 is 11.2 Å². The average Bonchev–Trinajstić information content (AvgIpc) is 3.44. The minimum atomic E-state index is -0.485. The minimum Gasteiger partial charge on any atom is -0.390 e.